The van der Waals surface area contributed by atoms with E-state index in [1.54, 1.807) is 13.0 Å². The Balaban J connectivity index is 1.55. The highest BCUT2D eigenvalue weighted by Gasteiger charge is 2.37. The number of aryl methyl sites for hydroxylation is 5. The van der Waals surface area contributed by atoms with Crippen LogP contribution in [0.5, 0.6) is 0 Å². The van der Waals surface area contributed by atoms with Gasteiger partial charge in [-0.3, -0.25) is 4.79 Å². The van der Waals surface area contributed by atoms with Crippen molar-refractivity contribution in [3.05, 3.63) is 75.7 Å². The van der Waals surface area contributed by atoms with Crippen molar-refractivity contribution in [1.29, 1.82) is 0 Å². The fourth-order valence-corrected chi connectivity index (χ4v) is 6.37. The van der Waals surface area contributed by atoms with E-state index in [1.165, 1.54) is 4.31 Å². The summed E-state index contributed by atoms with van der Waals surface area (Å²) in [7, 11) is -3.91. The topological polar surface area (TPSA) is 92.5 Å². The summed E-state index contributed by atoms with van der Waals surface area (Å²) in [5.74, 6) is -0.419. The van der Waals surface area contributed by atoms with E-state index in [-0.39, 0.29) is 23.1 Å². The molecule has 36 heavy (non-hydrogen) atoms. The van der Waals surface area contributed by atoms with Crippen LogP contribution >= 0.6 is 0 Å². The lowest BCUT2D eigenvalue weighted by atomic mass is 9.98. The lowest BCUT2D eigenvalue weighted by Gasteiger charge is -2.31. The SMILES string of the molecule is Cc1ccc(NC(=O)[C@@H]2CCCN(S(=O)(=O)c3c(C)noc3/C=C/c3cc(C)ccc3C)C2)c(C)c1. The van der Waals surface area contributed by atoms with E-state index < -0.39 is 15.9 Å². The van der Waals surface area contributed by atoms with E-state index in [1.807, 2.05) is 70.2 Å². The van der Waals surface area contributed by atoms with Gasteiger partial charge in [-0.2, -0.15) is 4.31 Å². The maximum Gasteiger partial charge on any atom is 0.248 e. The van der Waals surface area contributed by atoms with E-state index in [9.17, 15) is 13.2 Å². The molecule has 2 aromatic carbocycles. The number of benzene rings is 2. The predicted molar refractivity (Wildman–Crippen MR) is 142 cm³/mol. The van der Waals surface area contributed by atoms with E-state index >= 15 is 0 Å². The van der Waals surface area contributed by atoms with Crippen LogP contribution in [0.25, 0.3) is 12.2 Å². The van der Waals surface area contributed by atoms with E-state index in [4.69, 9.17) is 4.52 Å². The molecule has 1 N–H and O–H groups in total. The zero-order valence-corrected chi connectivity index (χ0v) is 22.3. The molecule has 1 atom stereocenters. The second-order valence-corrected chi connectivity index (χ2v) is 11.5. The second-order valence-electron chi connectivity index (χ2n) is 9.66. The van der Waals surface area contributed by atoms with Crippen LogP contribution in [-0.2, 0) is 14.8 Å². The number of hydrogen-bond donors (Lipinski definition) is 1. The van der Waals surface area contributed by atoms with Crippen molar-refractivity contribution in [3.8, 4) is 0 Å². The van der Waals surface area contributed by atoms with Crippen LogP contribution in [0.15, 0.2) is 45.8 Å². The van der Waals surface area contributed by atoms with Crippen molar-refractivity contribution < 1.29 is 17.7 Å². The number of sulfonamides is 1. The summed E-state index contributed by atoms with van der Waals surface area (Å²) in [5.41, 5.74) is 6.31. The molecule has 1 saturated heterocycles. The molecule has 1 amide bonds. The van der Waals surface area contributed by atoms with Crippen LogP contribution in [0.4, 0.5) is 5.69 Å². The van der Waals surface area contributed by atoms with Gasteiger partial charge in [0, 0.05) is 18.8 Å². The highest BCUT2D eigenvalue weighted by molar-refractivity contribution is 7.89. The molecule has 1 fully saturated rings. The molecule has 0 saturated carbocycles. The molecule has 7 nitrogen and oxygen atoms in total. The minimum Gasteiger partial charge on any atom is -0.355 e. The minimum absolute atomic E-state index is 0.0551. The van der Waals surface area contributed by atoms with Crippen LogP contribution in [0, 0.1) is 40.5 Å². The molecule has 1 aliphatic heterocycles. The van der Waals surface area contributed by atoms with Crippen molar-refractivity contribution in [2.75, 3.05) is 18.4 Å². The molecule has 1 aliphatic rings. The third-order valence-corrected chi connectivity index (χ3v) is 8.70. The first-order valence-corrected chi connectivity index (χ1v) is 13.6. The first kappa shape index (κ1) is 25.9. The monoisotopic (exact) mass is 507 g/mol. The number of aromatic nitrogens is 1. The van der Waals surface area contributed by atoms with Gasteiger partial charge >= 0.3 is 0 Å². The molecule has 0 aliphatic carbocycles. The Morgan fingerprint density at radius 3 is 2.50 bits per heavy atom. The Morgan fingerprint density at radius 2 is 1.75 bits per heavy atom. The molecule has 0 unspecified atom stereocenters. The molecule has 0 spiro atoms. The fraction of sp³-hybridized carbons (Fsp3) is 0.357. The van der Waals surface area contributed by atoms with Gasteiger partial charge in [-0.05, 0) is 76.3 Å². The molecule has 8 heteroatoms. The average molecular weight is 508 g/mol. The van der Waals surface area contributed by atoms with Crippen molar-refractivity contribution in [3.63, 3.8) is 0 Å². The zero-order valence-electron chi connectivity index (χ0n) is 21.5. The fourth-order valence-electron chi connectivity index (χ4n) is 4.60. The Labute approximate surface area is 213 Å². The number of hydrogen-bond acceptors (Lipinski definition) is 5. The van der Waals surface area contributed by atoms with Gasteiger partial charge in [-0.15, -0.1) is 0 Å². The zero-order chi connectivity index (χ0) is 26.0. The van der Waals surface area contributed by atoms with Gasteiger partial charge in [0.15, 0.2) is 10.7 Å². The summed E-state index contributed by atoms with van der Waals surface area (Å²) in [5, 5.41) is 6.93. The van der Waals surface area contributed by atoms with Gasteiger partial charge < -0.3 is 9.84 Å². The number of nitrogens with one attached hydrogen (secondary N) is 1. The van der Waals surface area contributed by atoms with Gasteiger partial charge in [0.05, 0.1) is 5.92 Å². The molecular weight excluding hydrogens is 474 g/mol. The molecule has 2 heterocycles. The summed E-state index contributed by atoms with van der Waals surface area (Å²) < 4.78 is 34.2. The minimum atomic E-state index is -3.91. The Bertz CT molecular complexity index is 1420. The third kappa shape index (κ3) is 5.44. The van der Waals surface area contributed by atoms with Crippen molar-refractivity contribution in [2.24, 2.45) is 5.92 Å². The Hall–Kier alpha value is -3.23. The number of anilines is 1. The third-order valence-electron chi connectivity index (χ3n) is 6.67. The number of rotatable bonds is 6. The number of carbonyl (C=O) groups excluding carboxylic acids is 1. The van der Waals surface area contributed by atoms with Gasteiger partial charge in [-0.1, -0.05) is 52.7 Å². The van der Waals surface area contributed by atoms with E-state index in [2.05, 4.69) is 10.5 Å². The Kier molecular flexibility index (Phi) is 7.47. The summed E-state index contributed by atoms with van der Waals surface area (Å²) in [6.07, 6.45) is 4.73. The lowest BCUT2D eigenvalue weighted by Crippen LogP contribution is -2.44. The number of piperidine rings is 1. The van der Waals surface area contributed by atoms with Gasteiger partial charge in [0.25, 0.3) is 0 Å². The van der Waals surface area contributed by atoms with Gasteiger partial charge in [0.2, 0.25) is 15.9 Å². The first-order chi connectivity index (χ1) is 17.1. The van der Waals surface area contributed by atoms with Crippen LogP contribution in [-0.4, -0.2) is 36.9 Å². The lowest BCUT2D eigenvalue weighted by molar-refractivity contribution is -0.120. The normalized spacial score (nSPS) is 17.0. The number of amides is 1. The smallest absolute Gasteiger partial charge is 0.248 e. The second kappa shape index (κ2) is 10.4. The van der Waals surface area contributed by atoms with Gasteiger partial charge in [-0.25, -0.2) is 8.42 Å². The average Bonchev–Trinajstić information content (AvgIpc) is 3.22. The molecular formula is C28H33N3O4S. The molecule has 0 radical (unpaired) electrons. The maximum atomic E-state index is 13.7. The number of carbonyl (C=O) groups is 1. The van der Waals surface area contributed by atoms with Crippen LogP contribution in [0.3, 0.4) is 0 Å². The first-order valence-electron chi connectivity index (χ1n) is 12.2. The summed E-state index contributed by atoms with van der Waals surface area (Å²) >= 11 is 0. The highest BCUT2D eigenvalue weighted by atomic mass is 32.2. The molecule has 3 aromatic rings. The largest absolute Gasteiger partial charge is 0.355 e. The van der Waals surface area contributed by atoms with Crippen molar-refractivity contribution in [1.82, 2.24) is 9.46 Å². The van der Waals surface area contributed by atoms with Crippen molar-refractivity contribution in [2.45, 2.75) is 52.4 Å². The Morgan fingerprint density at radius 1 is 1.03 bits per heavy atom. The number of nitrogens with zero attached hydrogens (tertiary/aromatic N) is 2. The maximum absolute atomic E-state index is 13.7. The molecule has 190 valence electrons. The summed E-state index contributed by atoms with van der Waals surface area (Å²) in [6.45, 7) is 10.0. The van der Waals surface area contributed by atoms with E-state index in [0.717, 1.165) is 33.5 Å². The van der Waals surface area contributed by atoms with E-state index in [0.29, 0.717) is 25.1 Å². The van der Waals surface area contributed by atoms with Crippen molar-refractivity contribution >= 4 is 33.8 Å². The van der Waals surface area contributed by atoms with Crippen LogP contribution in [0.1, 0.15) is 52.1 Å². The van der Waals surface area contributed by atoms with Gasteiger partial charge in [0.1, 0.15) is 5.69 Å². The van der Waals surface area contributed by atoms with Crippen LogP contribution in [0.2, 0.25) is 0 Å². The standard InChI is InChI=1S/C28H33N3O4S/c1-18-9-12-25(21(4)15-18)29-28(32)24-7-6-14-31(17-24)36(33,34)27-22(5)30-35-26(27)13-11-23-16-19(2)8-10-20(23)3/h8-13,15-16,24H,6-7,14,17H2,1-5H3,(H,29,32)/b13-11+/t24-/m1/s1. The molecule has 0 bridgehead atoms. The quantitative estimate of drug-likeness (QED) is 0.481. The summed E-state index contributed by atoms with van der Waals surface area (Å²) in [4.78, 5) is 13.1. The predicted octanol–water partition coefficient (Wildman–Crippen LogP) is 5.43. The van der Waals surface area contributed by atoms with Crippen LogP contribution < -0.4 is 5.32 Å². The summed E-state index contributed by atoms with van der Waals surface area (Å²) in [6, 6.07) is 11.9. The molecule has 4 rings (SSSR count). The molecule has 1 aromatic heterocycles. The highest BCUT2D eigenvalue weighted by Crippen LogP contribution is 2.30.